The minimum Gasteiger partial charge on any atom is -0.330 e. The summed E-state index contributed by atoms with van der Waals surface area (Å²) in [5.41, 5.74) is 6.81. The van der Waals surface area contributed by atoms with Crippen molar-refractivity contribution in [1.82, 2.24) is 10.2 Å². The van der Waals surface area contributed by atoms with Gasteiger partial charge in [0.1, 0.15) is 0 Å². The summed E-state index contributed by atoms with van der Waals surface area (Å²) < 4.78 is 0. The number of nitrogens with zero attached hydrogens (tertiary/aromatic N) is 2. The van der Waals surface area contributed by atoms with E-state index in [1.807, 2.05) is 6.07 Å². The zero-order chi connectivity index (χ0) is 9.80. The standard InChI is InChI=1S/C11H17N3/c12-8-9-3-5-10(6-4-9)11-2-1-7-13-14-11/h1-2,7,9-10H,3-6,8,12H2. The molecule has 0 radical (unpaired) electrons. The molecule has 1 aromatic rings. The van der Waals surface area contributed by atoms with Gasteiger partial charge in [0.15, 0.2) is 0 Å². The van der Waals surface area contributed by atoms with Gasteiger partial charge in [0.05, 0.1) is 5.69 Å². The molecule has 76 valence electrons. The number of rotatable bonds is 2. The second-order valence-electron chi connectivity index (χ2n) is 4.10. The van der Waals surface area contributed by atoms with Gasteiger partial charge in [-0.2, -0.15) is 10.2 Å². The van der Waals surface area contributed by atoms with Gasteiger partial charge in [-0.3, -0.25) is 0 Å². The Labute approximate surface area is 84.7 Å². The van der Waals surface area contributed by atoms with Crippen molar-refractivity contribution >= 4 is 0 Å². The van der Waals surface area contributed by atoms with E-state index in [2.05, 4.69) is 16.3 Å². The topological polar surface area (TPSA) is 51.8 Å². The molecule has 3 heteroatoms. The Morgan fingerprint density at radius 3 is 2.64 bits per heavy atom. The minimum absolute atomic E-state index is 0.617. The lowest BCUT2D eigenvalue weighted by Crippen LogP contribution is -2.21. The summed E-state index contributed by atoms with van der Waals surface area (Å²) in [7, 11) is 0. The van der Waals surface area contributed by atoms with Crippen molar-refractivity contribution in [3.8, 4) is 0 Å². The largest absolute Gasteiger partial charge is 0.330 e. The highest BCUT2D eigenvalue weighted by Gasteiger charge is 2.22. The van der Waals surface area contributed by atoms with Gasteiger partial charge in [0.25, 0.3) is 0 Å². The summed E-state index contributed by atoms with van der Waals surface area (Å²) in [5.74, 6) is 1.36. The van der Waals surface area contributed by atoms with Crippen LogP contribution in [-0.2, 0) is 0 Å². The molecule has 0 unspecified atom stereocenters. The molecule has 1 aromatic heterocycles. The molecule has 0 amide bonds. The van der Waals surface area contributed by atoms with Crippen LogP contribution < -0.4 is 5.73 Å². The van der Waals surface area contributed by atoms with Crippen molar-refractivity contribution in [2.24, 2.45) is 11.7 Å². The van der Waals surface area contributed by atoms with Crippen LogP contribution in [0.25, 0.3) is 0 Å². The molecule has 2 N–H and O–H groups in total. The molecular weight excluding hydrogens is 174 g/mol. The highest BCUT2D eigenvalue weighted by molar-refractivity contribution is 5.07. The summed E-state index contributed by atoms with van der Waals surface area (Å²) in [6, 6.07) is 4.05. The van der Waals surface area contributed by atoms with Crippen LogP contribution in [0.15, 0.2) is 18.3 Å². The number of aromatic nitrogens is 2. The fourth-order valence-electron chi connectivity index (χ4n) is 2.23. The van der Waals surface area contributed by atoms with Crippen LogP contribution in [0, 0.1) is 5.92 Å². The molecule has 0 atom stereocenters. The fraction of sp³-hybridized carbons (Fsp3) is 0.636. The molecule has 1 aliphatic rings. The molecule has 1 fully saturated rings. The normalized spacial score (nSPS) is 27.5. The quantitative estimate of drug-likeness (QED) is 0.774. The third-order valence-electron chi connectivity index (χ3n) is 3.19. The van der Waals surface area contributed by atoms with Crippen molar-refractivity contribution in [3.05, 3.63) is 24.0 Å². The van der Waals surface area contributed by atoms with Gasteiger partial charge in [-0.15, -0.1) is 0 Å². The van der Waals surface area contributed by atoms with E-state index in [4.69, 9.17) is 5.73 Å². The second-order valence-corrected chi connectivity index (χ2v) is 4.10. The Morgan fingerprint density at radius 1 is 1.29 bits per heavy atom. The van der Waals surface area contributed by atoms with Crippen LogP contribution in [0.1, 0.15) is 37.3 Å². The van der Waals surface area contributed by atoms with E-state index in [0.717, 1.165) is 18.2 Å². The maximum atomic E-state index is 5.66. The average Bonchev–Trinajstić information content (AvgIpc) is 2.30. The van der Waals surface area contributed by atoms with E-state index in [1.165, 1.54) is 25.7 Å². The smallest absolute Gasteiger partial charge is 0.0661 e. The predicted molar refractivity (Wildman–Crippen MR) is 55.8 cm³/mol. The lowest BCUT2D eigenvalue weighted by Gasteiger charge is -2.26. The van der Waals surface area contributed by atoms with Gasteiger partial charge in [0.2, 0.25) is 0 Å². The molecule has 0 aliphatic heterocycles. The summed E-state index contributed by atoms with van der Waals surface area (Å²) in [4.78, 5) is 0. The Hall–Kier alpha value is -0.960. The molecule has 0 saturated heterocycles. The summed E-state index contributed by atoms with van der Waals surface area (Å²) >= 11 is 0. The van der Waals surface area contributed by atoms with Crippen LogP contribution in [0.4, 0.5) is 0 Å². The molecule has 14 heavy (non-hydrogen) atoms. The van der Waals surface area contributed by atoms with E-state index in [0.29, 0.717) is 5.92 Å². The van der Waals surface area contributed by atoms with Crippen LogP contribution in [0.5, 0.6) is 0 Å². The highest BCUT2D eigenvalue weighted by Crippen LogP contribution is 2.33. The molecule has 1 aliphatic carbocycles. The molecular formula is C11H17N3. The third-order valence-corrected chi connectivity index (χ3v) is 3.19. The minimum atomic E-state index is 0.617. The molecule has 2 rings (SSSR count). The van der Waals surface area contributed by atoms with Gasteiger partial charge in [-0.05, 0) is 50.3 Å². The zero-order valence-electron chi connectivity index (χ0n) is 8.39. The van der Waals surface area contributed by atoms with Crippen molar-refractivity contribution in [2.45, 2.75) is 31.6 Å². The molecule has 3 nitrogen and oxygen atoms in total. The van der Waals surface area contributed by atoms with Crippen molar-refractivity contribution in [1.29, 1.82) is 0 Å². The maximum absolute atomic E-state index is 5.66. The Balaban J connectivity index is 1.96. The molecule has 1 heterocycles. The lowest BCUT2D eigenvalue weighted by atomic mass is 9.80. The second kappa shape index (κ2) is 4.51. The van der Waals surface area contributed by atoms with E-state index >= 15 is 0 Å². The van der Waals surface area contributed by atoms with Crippen LogP contribution >= 0.6 is 0 Å². The number of nitrogens with two attached hydrogens (primary N) is 1. The molecule has 0 spiro atoms. The molecule has 0 bridgehead atoms. The maximum Gasteiger partial charge on any atom is 0.0661 e. The highest BCUT2D eigenvalue weighted by atomic mass is 15.1. The lowest BCUT2D eigenvalue weighted by molar-refractivity contribution is 0.328. The van der Waals surface area contributed by atoms with Crippen molar-refractivity contribution < 1.29 is 0 Å². The van der Waals surface area contributed by atoms with Gasteiger partial charge >= 0.3 is 0 Å². The summed E-state index contributed by atoms with van der Waals surface area (Å²) in [5, 5.41) is 8.10. The van der Waals surface area contributed by atoms with Crippen LogP contribution in [0.2, 0.25) is 0 Å². The van der Waals surface area contributed by atoms with Gasteiger partial charge in [-0.1, -0.05) is 0 Å². The van der Waals surface area contributed by atoms with Crippen LogP contribution in [-0.4, -0.2) is 16.7 Å². The predicted octanol–water partition coefficient (Wildman–Crippen LogP) is 1.71. The van der Waals surface area contributed by atoms with E-state index in [1.54, 1.807) is 6.20 Å². The van der Waals surface area contributed by atoms with Gasteiger partial charge in [-0.25, -0.2) is 0 Å². The van der Waals surface area contributed by atoms with Gasteiger partial charge < -0.3 is 5.73 Å². The first kappa shape index (κ1) is 9.59. The fourth-order valence-corrected chi connectivity index (χ4v) is 2.23. The summed E-state index contributed by atoms with van der Waals surface area (Å²) in [6.07, 6.45) is 6.67. The Morgan fingerprint density at radius 2 is 2.07 bits per heavy atom. The number of hydrogen-bond donors (Lipinski definition) is 1. The van der Waals surface area contributed by atoms with E-state index < -0.39 is 0 Å². The van der Waals surface area contributed by atoms with Crippen LogP contribution in [0.3, 0.4) is 0 Å². The first-order chi connectivity index (χ1) is 6.90. The molecule has 0 aromatic carbocycles. The SMILES string of the molecule is NCC1CCC(c2cccnn2)CC1. The monoisotopic (exact) mass is 191 g/mol. The Kier molecular flexibility index (Phi) is 3.09. The third kappa shape index (κ3) is 2.10. The Bertz CT molecular complexity index is 265. The number of hydrogen-bond acceptors (Lipinski definition) is 3. The van der Waals surface area contributed by atoms with Crippen molar-refractivity contribution in [3.63, 3.8) is 0 Å². The average molecular weight is 191 g/mol. The zero-order valence-corrected chi connectivity index (χ0v) is 8.39. The van der Waals surface area contributed by atoms with Gasteiger partial charge in [0, 0.05) is 12.1 Å². The first-order valence-corrected chi connectivity index (χ1v) is 5.38. The first-order valence-electron chi connectivity index (χ1n) is 5.38. The van der Waals surface area contributed by atoms with E-state index in [9.17, 15) is 0 Å². The molecule has 1 saturated carbocycles. The summed E-state index contributed by atoms with van der Waals surface area (Å²) in [6.45, 7) is 0.840. The van der Waals surface area contributed by atoms with Crippen molar-refractivity contribution in [2.75, 3.05) is 6.54 Å². The van der Waals surface area contributed by atoms with E-state index in [-0.39, 0.29) is 0 Å².